The number of benzene rings is 1. The molecule has 2 atom stereocenters. The fraction of sp³-hybridized carbons (Fsp3) is 0.556. The summed E-state index contributed by atoms with van der Waals surface area (Å²) in [6, 6.07) is 9.06. The Morgan fingerprint density at radius 1 is 1.30 bits per heavy atom. The maximum absolute atomic E-state index is 5.49. The largest absolute Gasteiger partial charge is 0.490 e. The maximum Gasteiger partial charge on any atom is 0.119 e. The average Bonchev–Trinajstić information content (AvgIpc) is 2.52. The van der Waals surface area contributed by atoms with Crippen LogP contribution in [0.5, 0.6) is 5.75 Å². The molecule has 2 heteroatoms. The van der Waals surface area contributed by atoms with E-state index in [-0.39, 0.29) is 0 Å². The standard InChI is InChI=1S/C18H27NO/c1-3-12-20-18-10-8-16(9-11-18)14-19-17-7-5-6-15(4-2)13-17/h3,8-11,15,17,19H,1,4-7,12-14H2,2H3. The molecule has 20 heavy (non-hydrogen) atoms. The van der Waals surface area contributed by atoms with E-state index in [1.54, 1.807) is 6.08 Å². The van der Waals surface area contributed by atoms with Crippen molar-refractivity contribution in [1.82, 2.24) is 5.32 Å². The van der Waals surface area contributed by atoms with Crippen molar-refractivity contribution in [2.24, 2.45) is 5.92 Å². The Hall–Kier alpha value is -1.28. The second kappa shape index (κ2) is 8.11. The third-order valence-electron chi connectivity index (χ3n) is 4.25. The lowest BCUT2D eigenvalue weighted by Gasteiger charge is -2.29. The van der Waals surface area contributed by atoms with E-state index in [0.717, 1.165) is 18.2 Å². The van der Waals surface area contributed by atoms with E-state index in [2.05, 4.69) is 31.0 Å². The predicted molar refractivity (Wildman–Crippen MR) is 85.0 cm³/mol. The molecule has 0 spiro atoms. The maximum atomic E-state index is 5.49. The minimum atomic E-state index is 0.568. The topological polar surface area (TPSA) is 21.3 Å². The molecular weight excluding hydrogens is 246 g/mol. The van der Waals surface area contributed by atoms with Crippen LogP contribution >= 0.6 is 0 Å². The quantitative estimate of drug-likeness (QED) is 0.747. The fourth-order valence-corrected chi connectivity index (χ4v) is 2.97. The van der Waals surface area contributed by atoms with Crippen LogP contribution in [0.2, 0.25) is 0 Å². The van der Waals surface area contributed by atoms with Crippen LogP contribution in [-0.4, -0.2) is 12.6 Å². The highest BCUT2D eigenvalue weighted by Gasteiger charge is 2.19. The van der Waals surface area contributed by atoms with Crippen molar-refractivity contribution in [3.05, 3.63) is 42.5 Å². The highest BCUT2D eigenvalue weighted by Crippen LogP contribution is 2.26. The molecule has 1 saturated carbocycles. The Bertz CT molecular complexity index is 398. The lowest BCUT2D eigenvalue weighted by atomic mass is 9.84. The summed E-state index contributed by atoms with van der Waals surface area (Å²) in [4.78, 5) is 0. The third-order valence-corrected chi connectivity index (χ3v) is 4.25. The van der Waals surface area contributed by atoms with E-state index in [4.69, 9.17) is 4.74 Å². The minimum Gasteiger partial charge on any atom is -0.490 e. The van der Waals surface area contributed by atoms with Crippen molar-refractivity contribution in [1.29, 1.82) is 0 Å². The van der Waals surface area contributed by atoms with Gasteiger partial charge in [-0.25, -0.2) is 0 Å². The molecule has 1 aliphatic carbocycles. The molecule has 0 aromatic heterocycles. The monoisotopic (exact) mass is 273 g/mol. The number of hydrogen-bond donors (Lipinski definition) is 1. The van der Waals surface area contributed by atoms with Gasteiger partial charge in [-0.15, -0.1) is 0 Å². The van der Waals surface area contributed by atoms with Gasteiger partial charge in [-0.3, -0.25) is 0 Å². The molecule has 1 N–H and O–H groups in total. The van der Waals surface area contributed by atoms with Crippen LogP contribution < -0.4 is 10.1 Å². The second-order valence-corrected chi connectivity index (χ2v) is 5.76. The zero-order chi connectivity index (χ0) is 14.2. The Morgan fingerprint density at radius 2 is 2.10 bits per heavy atom. The van der Waals surface area contributed by atoms with E-state index in [0.29, 0.717) is 12.6 Å². The van der Waals surface area contributed by atoms with Crippen molar-refractivity contribution < 1.29 is 4.74 Å². The smallest absolute Gasteiger partial charge is 0.119 e. The van der Waals surface area contributed by atoms with Crippen molar-refractivity contribution in [2.75, 3.05) is 6.61 Å². The van der Waals surface area contributed by atoms with Gasteiger partial charge in [0.25, 0.3) is 0 Å². The van der Waals surface area contributed by atoms with E-state index < -0.39 is 0 Å². The SMILES string of the molecule is C=CCOc1ccc(CNC2CCCC(CC)C2)cc1. The van der Waals surface area contributed by atoms with Gasteiger partial charge in [-0.1, -0.05) is 51.0 Å². The van der Waals surface area contributed by atoms with E-state index in [1.807, 2.05) is 12.1 Å². The van der Waals surface area contributed by atoms with E-state index in [1.165, 1.54) is 37.7 Å². The van der Waals surface area contributed by atoms with Crippen LogP contribution in [0.15, 0.2) is 36.9 Å². The molecule has 0 saturated heterocycles. The molecule has 110 valence electrons. The normalized spacial score (nSPS) is 22.4. The first kappa shape index (κ1) is 15.1. The second-order valence-electron chi connectivity index (χ2n) is 5.76. The van der Waals surface area contributed by atoms with Crippen LogP contribution in [0.25, 0.3) is 0 Å². The average molecular weight is 273 g/mol. The summed E-state index contributed by atoms with van der Waals surface area (Å²) in [6.45, 7) is 7.50. The Morgan fingerprint density at radius 3 is 2.80 bits per heavy atom. The highest BCUT2D eigenvalue weighted by molar-refractivity contribution is 5.27. The first-order valence-corrected chi connectivity index (χ1v) is 7.87. The summed E-state index contributed by atoms with van der Waals surface area (Å²) in [5.41, 5.74) is 1.33. The van der Waals surface area contributed by atoms with Gasteiger partial charge in [-0.2, -0.15) is 0 Å². The highest BCUT2D eigenvalue weighted by atomic mass is 16.5. The summed E-state index contributed by atoms with van der Waals surface area (Å²) in [5.74, 6) is 1.84. The molecule has 2 nitrogen and oxygen atoms in total. The molecule has 0 bridgehead atoms. The molecule has 0 amide bonds. The third kappa shape index (κ3) is 4.68. The molecular formula is C18H27NO. The van der Waals surface area contributed by atoms with Gasteiger partial charge < -0.3 is 10.1 Å². The first-order chi connectivity index (χ1) is 9.81. The molecule has 0 aliphatic heterocycles. The first-order valence-electron chi connectivity index (χ1n) is 7.87. The summed E-state index contributed by atoms with van der Waals surface area (Å²) < 4.78 is 5.49. The number of ether oxygens (including phenoxy) is 1. The van der Waals surface area contributed by atoms with Crippen LogP contribution in [0, 0.1) is 5.92 Å². The molecule has 1 aromatic carbocycles. The summed E-state index contributed by atoms with van der Waals surface area (Å²) >= 11 is 0. The van der Waals surface area contributed by atoms with E-state index in [9.17, 15) is 0 Å². The fourth-order valence-electron chi connectivity index (χ4n) is 2.97. The molecule has 0 heterocycles. The summed E-state index contributed by atoms with van der Waals surface area (Å²) in [5, 5.41) is 3.71. The van der Waals surface area contributed by atoms with Gasteiger partial charge in [-0.05, 0) is 36.5 Å². The number of hydrogen-bond acceptors (Lipinski definition) is 2. The lowest BCUT2D eigenvalue weighted by molar-refractivity contribution is 0.278. The number of rotatable bonds is 7. The Labute approximate surface area is 123 Å². The Balaban J connectivity index is 1.77. The van der Waals surface area contributed by atoms with Gasteiger partial charge in [0.05, 0.1) is 0 Å². The minimum absolute atomic E-state index is 0.568. The lowest BCUT2D eigenvalue weighted by Crippen LogP contribution is -2.33. The van der Waals surface area contributed by atoms with Crippen LogP contribution in [0.1, 0.15) is 44.6 Å². The van der Waals surface area contributed by atoms with Crippen LogP contribution in [0.4, 0.5) is 0 Å². The van der Waals surface area contributed by atoms with Crippen molar-refractivity contribution in [2.45, 2.75) is 51.6 Å². The zero-order valence-corrected chi connectivity index (χ0v) is 12.6. The van der Waals surface area contributed by atoms with Crippen LogP contribution in [-0.2, 0) is 6.54 Å². The molecule has 1 aromatic rings. The molecule has 0 radical (unpaired) electrons. The number of nitrogens with one attached hydrogen (secondary N) is 1. The van der Waals surface area contributed by atoms with Crippen molar-refractivity contribution in [3.63, 3.8) is 0 Å². The molecule has 2 unspecified atom stereocenters. The van der Waals surface area contributed by atoms with Gasteiger partial charge >= 0.3 is 0 Å². The molecule has 1 fully saturated rings. The van der Waals surface area contributed by atoms with Crippen molar-refractivity contribution in [3.8, 4) is 5.75 Å². The zero-order valence-electron chi connectivity index (χ0n) is 12.6. The summed E-state index contributed by atoms with van der Waals surface area (Å²) in [6.07, 6.45) is 8.57. The summed E-state index contributed by atoms with van der Waals surface area (Å²) in [7, 11) is 0. The van der Waals surface area contributed by atoms with Gasteiger partial charge in [0.15, 0.2) is 0 Å². The molecule has 1 aliphatic rings. The van der Waals surface area contributed by atoms with Crippen LogP contribution in [0.3, 0.4) is 0 Å². The predicted octanol–water partition coefficient (Wildman–Crippen LogP) is 4.31. The van der Waals surface area contributed by atoms with Gasteiger partial charge in [0.2, 0.25) is 0 Å². The van der Waals surface area contributed by atoms with Crippen molar-refractivity contribution >= 4 is 0 Å². The van der Waals surface area contributed by atoms with Gasteiger partial charge in [0, 0.05) is 12.6 Å². The van der Waals surface area contributed by atoms with E-state index >= 15 is 0 Å². The molecule has 2 rings (SSSR count). The van der Waals surface area contributed by atoms with Gasteiger partial charge in [0.1, 0.15) is 12.4 Å². The Kier molecular flexibility index (Phi) is 6.13.